The molecular weight excluding hydrogens is 466 g/mol. The fraction of sp³-hybridized carbons (Fsp3) is 0.700. The highest BCUT2D eigenvalue weighted by atomic mass is 16.6. The van der Waals surface area contributed by atoms with Crippen LogP contribution in [0.3, 0.4) is 0 Å². The molecule has 1 aromatic carbocycles. The molecule has 0 aromatic heterocycles. The summed E-state index contributed by atoms with van der Waals surface area (Å²) in [5, 5.41) is 6.08. The van der Waals surface area contributed by atoms with Crippen LogP contribution in [0.15, 0.2) is 18.2 Å². The molecule has 0 radical (unpaired) electrons. The number of hydrogen-bond donors (Lipinski definition) is 2. The van der Waals surface area contributed by atoms with Crippen LogP contribution in [0.2, 0.25) is 0 Å². The predicted octanol–water partition coefficient (Wildman–Crippen LogP) is 5.97. The lowest BCUT2D eigenvalue weighted by atomic mass is 9.91. The van der Waals surface area contributed by atoms with Crippen molar-refractivity contribution < 1.29 is 19.1 Å². The fourth-order valence-electron chi connectivity index (χ4n) is 5.18. The van der Waals surface area contributed by atoms with Crippen LogP contribution >= 0.6 is 0 Å². The summed E-state index contributed by atoms with van der Waals surface area (Å²) < 4.78 is 5.47. The predicted molar refractivity (Wildman–Crippen MR) is 148 cm³/mol. The quantitative estimate of drug-likeness (QED) is 0.424. The van der Waals surface area contributed by atoms with Crippen LogP contribution in [0.25, 0.3) is 0 Å². The summed E-state index contributed by atoms with van der Waals surface area (Å²) >= 11 is 0. The van der Waals surface area contributed by atoms with Gasteiger partial charge in [0.15, 0.2) is 0 Å². The minimum atomic E-state index is -0.813. The van der Waals surface area contributed by atoms with E-state index in [-0.39, 0.29) is 29.8 Å². The Labute approximate surface area is 224 Å². The van der Waals surface area contributed by atoms with Crippen molar-refractivity contribution in [3.05, 3.63) is 34.9 Å². The molecule has 1 fully saturated rings. The number of carbonyl (C=O) groups excluding carboxylic acids is 3. The molecule has 37 heavy (non-hydrogen) atoms. The van der Waals surface area contributed by atoms with Crippen LogP contribution < -0.4 is 10.6 Å². The summed E-state index contributed by atoms with van der Waals surface area (Å²) in [5.74, 6) is -0.291. The number of nitrogens with one attached hydrogen (secondary N) is 2. The SMILES string of the molecule is Cc1cccc(C)c1C(C(=O)NC1CCCCC1)N(C(=O)C(CC(C)C)NC(=O)OC(C)(C)C)C(C)C. The van der Waals surface area contributed by atoms with Gasteiger partial charge in [0.25, 0.3) is 0 Å². The highest BCUT2D eigenvalue weighted by Gasteiger charge is 2.39. The molecule has 0 aliphatic heterocycles. The number of amides is 3. The minimum absolute atomic E-state index is 0.114. The maximum absolute atomic E-state index is 14.2. The van der Waals surface area contributed by atoms with E-state index in [4.69, 9.17) is 4.74 Å². The zero-order valence-electron chi connectivity index (χ0n) is 24.4. The van der Waals surface area contributed by atoms with Crippen molar-refractivity contribution in [2.75, 3.05) is 0 Å². The van der Waals surface area contributed by atoms with E-state index in [0.29, 0.717) is 6.42 Å². The molecule has 3 amide bonds. The van der Waals surface area contributed by atoms with Gasteiger partial charge in [-0.3, -0.25) is 9.59 Å². The average Bonchev–Trinajstić information content (AvgIpc) is 2.76. The van der Waals surface area contributed by atoms with E-state index in [1.165, 1.54) is 6.42 Å². The van der Waals surface area contributed by atoms with E-state index >= 15 is 0 Å². The molecule has 2 unspecified atom stereocenters. The van der Waals surface area contributed by atoms with Crippen molar-refractivity contribution >= 4 is 17.9 Å². The van der Waals surface area contributed by atoms with Crippen molar-refractivity contribution in [2.45, 2.75) is 131 Å². The number of hydrogen-bond acceptors (Lipinski definition) is 4. The lowest BCUT2D eigenvalue weighted by Crippen LogP contribution is -2.56. The first-order valence-electron chi connectivity index (χ1n) is 13.9. The Morgan fingerprint density at radius 2 is 1.57 bits per heavy atom. The van der Waals surface area contributed by atoms with Crippen LogP contribution in [0.5, 0.6) is 0 Å². The van der Waals surface area contributed by atoms with Gasteiger partial charge in [-0.1, -0.05) is 51.3 Å². The standard InChI is InChI=1S/C30H49N3O4/c1-19(2)18-24(32-29(36)37-30(7,8)9)28(35)33(20(3)4)26(25-21(5)14-13-15-22(25)6)27(34)31-23-16-11-10-12-17-23/h13-15,19-20,23-24,26H,10-12,16-18H2,1-9H3,(H,31,34)(H,32,36). The van der Waals surface area contributed by atoms with E-state index in [0.717, 1.165) is 42.4 Å². The van der Waals surface area contributed by atoms with Crippen molar-refractivity contribution in [2.24, 2.45) is 5.92 Å². The van der Waals surface area contributed by atoms with E-state index in [1.54, 1.807) is 25.7 Å². The lowest BCUT2D eigenvalue weighted by Gasteiger charge is -2.39. The van der Waals surface area contributed by atoms with Gasteiger partial charge in [0.05, 0.1) is 0 Å². The van der Waals surface area contributed by atoms with Crippen LogP contribution in [-0.2, 0) is 14.3 Å². The summed E-state index contributed by atoms with van der Waals surface area (Å²) in [6.07, 6.45) is 5.10. The van der Waals surface area contributed by atoms with Crippen molar-refractivity contribution in [1.82, 2.24) is 15.5 Å². The second-order valence-electron chi connectivity index (χ2n) is 12.2. The number of benzene rings is 1. The Morgan fingerprint density at radius 1 is 1.00 bits per heavy atom. The fourth-order valence-corrected chi connectivity index (χ4v) is 5.18. The number of aryl methyl sites for hydroxylation is 2. The van der Waals surface area contributed by atoms with Crippen LogP contribution in [0.4, 0.5) is 4.79 Å². The second-order valence-corrected chi connectivity index (χ2v) is 12.2. The summed E-state index contributed by atoms with van der Waals surface area (Å²) in [4.78, 5) is 42.6. The molecule has 2 atom stereocenters. The molecule has 1 aliphatic carbocycles. The number of nitrogens with zero attached hydrogens (tertiary/aromatic N) is 1. The number of ether oxygens (including phenoxy) is 1. The normalized spacial score (nSPS) is 16.3. The Balaban J connectivity index is 2.51. The Bertz CT molecular complexity index is 909. The third-order valence-corrected chi connectivity index (χ3v) is 6.80. The Hall–Kier alpha value is -2.57. The molecule has 7 nitrogen and oxygen atoms in total. The van der Waals surface area contributed by atoms with E-state index in [9.17, 15) is 14.4 Å². The molecule has 0 saturated heterocycles. The topological polar surface area (TPSA) is 87.7 Å². The summed E-state index contributed by atoms with van der Waals surface area (Å²) in [6, 6.07) is 4.16. The molecule has 2 N–H and O–H groups in total. The summed E-state index contributed by atoms with van der Waals surface area (Å²) in [7, 11) is 0. The number of carbonyl (C=O) groups is 3. The van der Waals surface area contributed by atoms with Crippen LogP contribution in [0, 0.1) is 19.8 Å². The first kappa shape index (κ1) is 30.7. The molecule has 0 heterocycles. The molecule has 7 heteroatoms. The highest BCUT2D eigenvalue weighted by molar-refractivity contribution is 5.93. The van der Waals surface area contributed by atoms with Gasteiger partial charge in [0, 0.05) is 12.1 Å². The molecule has 208 valence electrons. The Kier molecular flexibility index (Phi) is 11.0. The first-order valence-corrected chi connectivity index (χ1v) is 13.9. The van der Waals surface area contributed by atoms with Gasteiger partial charge in [-0.25, -0.2) is 4.79 Å². The van der Waals surface area contributed by atoms with E-state index < -0.39 is 23.8 Å². The second kappa shape index (κ2) is 13.3. The van der Waals surface area contributed by atoms with Gasteiger partial charge in [0.1, 0.15) is 17.7 Å². The van der Waals surface area contributed by atoms with Gasteiger partial charge >= 0.3 is 6.09 Å². The summed E-state index contributed by atoms with van der Waals surface area (Å²) in [6.45, 7) is 17.2. The van der Waals surface area contributed by atoms with Gasteiger partial charge in [-0.05, 0) is 90.3 Å². The van der Waals surface area contributed by atoms with Crippen LogP contribution in [0.1, 0.15) is 110 Å². The van der Waals surface area contributed by atoms with Crippen molar-refractivity contribution in [1.29, 1.82) is 0 Å². The smallest absolute Gasteiger partial charge is 0.408 e. The molecule has 1 saturated carbocycles. The largest absolute Gasteiger partial charge is 0.444 e. The monoisotopic (exact) mass is 515 g/mol. The van der Waals surface area contributed by atoms with Gasteiger partial charge in [-0.2, -0.15) is 0 Å². The van der Waals surface area contributed by atoms with Gasteiger partial charge in [-0.15, -0.1) is 0 Å². The lowest BCUT2D eigenvalue weighted by molar-refractivity contribution is -0.145. The van der Waals surface area contributed by atoms with Gasteiger partial charge in [0.2, 0.25) is 11.8 Å². The zero-order chi connectivity index (χ0) is 27.9. The van der Waals surface area contributed by atoms with Gasteiger partial charge < -0.3 is 20.3 Å². The minimum Gasteiger partial charge on any atom is -0.444 e. The maximum Gasteiger partial charge on any atom is 0.408 e. The van der Waals surface area contributed by atoms with Crippen LogP contribution in [-0.4, -0.2) is 46.5 Å². The third kappa shape index (κ3) is 9.04. The molecule has 0 bridgehead atoms. The highest BCUT2D eigenvalue weighted by Crippen LogP contribution is 2.31. The Morgan fingerprint density at radius 3 is 2.05 bits per heavy atom. The maximum atomic E-state index is 14.2. The summed E-state index contributed by atoms with van der Waals surface area (Å²) in [5.41, 5.74) is 2.08. The molecular formula is C30H49N3O4. The van der Waals surface area contributed by atoms with E-state index in [2.05, 4.69) is 10.6 Å². The molecule has 2 rings (SSSR count). The number of rotatable bonds is 9. The molecule has 0 spiro atoms. The average molecular weight is 516 g/mol. The van der Waals surface area contributed by atoms with E-state index in [1.807, 2.05) is 59.7 Å². The number of alkyl carbamates (subject to hydrolysis) is 1. The molecule has 1 aromatic rings. The van der Waals surface area contributed by atoms with Crippen molar-refractivity contribution in [3.8, 4) is 0 Å². The first-order chi connectivity index (χ1) is 17.2. The molecule has 1 aliphatic rings. The third-order valence-electron chi connectivity index (χ3n) is 6.80. The zero-order valence-corrected chi connectivity index (χ0v) is 24.4. The van der Waals surface area contributed by atoms with Crippen molar-refractivity contribution in [3.63, 3.8) is 0 Å².